The van der Waals surface area contributed by atoms with E-state index >= 15 is 0 Å². The van der Waals surface area contributed by atoms with Gasteiger partial charge in [0.15, 0.2) is 17.5 Å². The van der Waals surface area contributed by atoms with Crippen LogP contribution in [0.15, 0.2) is 168 Å². The molecule has 7 aromatic carbocycles. The molecule has 9 aromatic rings. The summed E-state index contributed by atoms with van der Waals surface area (Å²) in [6.45, 7) is 0. The summed E-state index contributed by atoms with van der Waals surface area (Å²) in [6, 6.07) is 9.91. The van der Waals surface area contributed by atoms with E-state index < -0.39 is 90.2 Å². The van der Waals surface area contributed by atoms with Gasteiger partial charge in [0.25, 0.3) is 0 Å². The molecule has 0 radical (unpaired) electrons. The van der Waals surface area contributed by atoms with Crippen molar-refractivity contribution in [3.8, 4) is 56.4 Å². The Morgan fingerprint density at radius 3 is 1.83 bits per heavy atom. The number of furan rings is 1. The molecule has 0 atom stereocenters. The second kappa shape index (κ2) is 11.2. The Balaban J connectivity index is 1.25. The van der Waals surface area contributed by atoms with Crippen LogP contribution in [0.1, 0.15) is 21.9 Å². The highest BCUT2D eigenvalue weighted by atomic mass is 16.3. The van der Waals surface area contributed by atoms with E-state index in [1.165, 1.54) is 0 Å². The first-order valence-corrected chi connectivity index (χ1v) is 14.4. The second-order valence-corrected chi connectivity index (χ2v) is 10.5. The molecule has 2 heterocycles. The lowest BCUT2D eigenvalue weighted by molar-refractivity contribution is 0.669. The quantitative estimate of drug-likeness (QED) is 0.193. The predicted octanol–water partition coefficient (Wildman–Crippen LogP) is 11.3. The fraction of sp³-hybridized carbons (Fsp3) is 0. The average Bonchev–Trinajstić information content (AvgIpc) is 3.69. The molecule has 0 fully saturated rings. The zero-order valence-electron chi connectivity index (χ0n) is 40.1. The van der Waals surface area contributed by atoms with Crippen molar-refractivity contribution in [2.45, 2.75) is 0 Å². The third kappa shape index (κ3) is 4.93. The molecule has 9 rings (SSSR count). The first-order valence-electron chi connectivity index (χ1n) is 22.4. The normalized spacial score (nSPS) is 16.2. The molecule has 0 aliphatic rings. The number of para-hydroxylation sites is 1. The Bertz CT molecular complexity index is 3430. The van der Waals surface area contributed by atoms with E-state index in [2.05, 4.69) is 9.97 Å². The van der Waals surface area contributed by atoms with Gasteiger partial charge in [-0.25, -0.2) is 15.0 Å². The fourth-order valence-corrected chi connectivity index (χ4v) is 5.36. The number of rotatable bonds is 5. The molecule has 0 amide bonds. The van der Waals surface area contributed by atoms with Gasteiger partial charge in [0, 0.05) is 27.5 Å². The molecule has 0 saturated heterocycles. The Hall–Kier alpha value is -6.39. The van der Waals surface area contributed by atoms with Crippen molar-refractivity contribution < 1.29 is 26.3 Å². The van der Waals surface area contributed by atoms with Crippen molar-refractivity contribution in [2.75, 3.05) is 0 Å². The average molecular weight is 618 g/mol. The molecule has 47 heavy (non-hydrogen) atoms. The van der Waals surface area contributed by atoms with Crippen LogP contribution < -0.4 is 0 Å². The van der Waals surface area contributed by atoms with Gasteiger partial charge in [-0.05, 0) is 57.2 Å². The summed E-state index contributed by atoms with van der Waals surface area (Å²) in [5.74, 6) is -0.0107. The van der Waals surface area contributed by atoms with Gasteiger partial charge < -0.3 is 4.42 Å². The standard InChI is InChI=1S/C43H27N3O/c1-3-10-28(11-4-1)32-22-23-34-27-35(25-24-33(34)26-32)43-45-41(30-12-5-2-6-13-30)44-42(46-43)31-20-18-29(19-21-31)36-15-9-17-39-40(36)37-14-7-8-16-38(37)47-39/h1-27H/i1D,3D,4D,7D,8D,9D,10D,11D,14D,15D,16D,17D,18D,19D,20D,21D. The SMILES string of the molecule is [2H]c1c([2H])c([2H])c(-c2ccc3cc(-c4nc(-c5ccccc5)nc(-c5c([2H])c([2H])c(-c6c([2H])c([2H])c([2H])c7oc8c([2H])c([2H])c([2H])c([2H])c8c67)c([2H])c5[2H])n4)ccc3c2)c([2H])c1[2H]. The summed E-state index contributed by atoms with van der Waals surface area (Å²) in [7, 11) is 0. The van der Waals surface area contributed by atoms with E-state index in [1.54, 1.807) is 66.7 Å². The van der Waals surface area contributed by atoms with Crippen molar-refractivity contribution in [1.29, 1.82) is 0 Å². The van der Waals surface area contributed by atoms with Crippen molar-refractivity contribution in [3.05, 3.63) is 163 Å². The lowest BCUT2D eigenvalue weighted by Crippen LogP contribution is -2.00. The smallest absolute Gasteiger partial charge is 0.164 e. The van der Waals surface area contributed by atoms with Crippen LogP contribution in [0.4, 0.5) is 0 Å². The van der Waals surface area contributed by atoms with Gasteiger partial charge in [-0.1, -0.05) is 139 Å². The molecule has 0 N–H and O–H groups in total. The Kier molecular flexibility index (Phi) is 3.64. The van der Waals surface area contributed by atoms with E-state index in [-0.39, 0.29) is 68.2 Å². The monoisotopic (exact) mass is 617 g/mol. The number of aromatic nitrogens is 3. The first-order chi connectivity index (χ1) is 29.9. The minimum atomic E-state index is -0.692. The molecule has 4 heteroatoms. The van der Waals surface area contributed by atoms with E-state index in [0.29, 0.717) is 27.5 Å². The molecule has 0 bridgehead atoms. The van der Waals surface area contributed by atoms with E-state index in [0.717, 1.165) is 0 Å². The van der Waals surface area contributed by atoms with Crippen molar-refractivity contribution in [2.24, 2.45) is 0 Å². The van der Waals surface area contributed by atoms with E-state index in [4.69, 9.17) is 25.9 Å². The zero-order chi connectivity index (χ0) is 45.1. The van der Waals surface area contributed by atoms with Crippen LogP contribution in [-0.2, 0) is 0 Å². The summed E-state index contributed by atoms with van der Waals surface area (Å²) in [5.41, 5.74) is -0.476. The van der Waals surface area contributed by atoms with Crippen LogP contribution in [0, 0.1) is 0 Å². The van der Waals surface area contributed by atoms with Gasteiger partial charge >= 0.3 is 0 Å². The van der Waals surface area contributed by atoms with Gasteiger partial charge in [-0.3, -0.25) is 0 Å². The summed E-state index contributed by atoms with van der Waals surface area (Å²) in [6.07, 6.45) is 0. The largest absolute Gasteiger partial charge is 0.456 e. The third-order valence-electron chi connectivity index (χ3n) is 7.60. The number of hydrogen-bond acceptors (Lipinski definition) is 4. The van der Waals surface area contributed by atoms with Gasteiger partial charge in [0.2, 0.25) is 0 Å². The summed E-state index contributed by atoms with van der Waals surface area (Å²) >= 11 is 0. The second-order valence-electron chi connectivity index (χ2n) is 10.5. The van der Waals surface area contributed by atoms with Crippen molar-refractivity contribution in [1.82, 2.24) is 15.0 Å². The van der Waals surface area contributed by atoms with E-state index in [9.17, 15) is 5.48 Å². The lowest BCUT2D eigenvalue weighted by Gasteiger charge is -2.10. The molecule has 0 unspecified atom stereocenters. The summed E-state index contributed by atoms with van der Waals surface area (Å²) < 4.78 is 144. The minimum Gasteiger partial charge on any atom is -0.456 e. The molecule has 4 nitrogen and oxygen atoms in total. The molecule has 0 aliphatic carbocycles. The molecule has 0 saturated carbocycles. The minimum absolute atomic E-state index is 0.0513. The topological polar surface area (TPSA) is 51.8 Å². The van der Waals surface area contributed by atoms with Crippen LogP contribution in [0.5, 0.6) is 0 Å². The summed E-state index contributed by atoms with van der Waals surface area (Å²) in [5, 5.41) is 0.849. The van der Waals surface area contributed by atoms with E-state index in [1.807, 2.05) is 0 Å². The molecule has 0 spiro atoms. The Labute approximate surface area is 294 Å². The van der Waals surface area contributed by atoms with Crippen molar-refractivity contribution >= 4 is 32.7 Å². The number of hydrogen-bond donors (Lipinski definition) is 0. The highest BCUT2D eigenvalue weighted by Crippen LogP contribution is 2.37. The molecular weight excluding hydrogens is 574 g/mol. The van der Waals surface area contributed by atoms with Gasteiger partial charge in [-0.15, -0.1) is 0 Å². The third-order valence-corrected chi connectivity index (χ3v) is 7.60. The predicted molar refractivity (Wildman–Crippen MR) is 192 cm³/mol. The molecule has 220 valence electrons. The van der Waals surface area contributed by atoms with Gasteiger partial charge in [-0.2, -0.15) is 0 Å². The van der Waals surface area contributed by atoms with Crippen LogP contribution in [0.3, 0.4) is 0 Å². The lowest BCUT2D eigenvalue weighted by atomic mass is 9.98. The van der Waals surface area contributed by atoms with Crippen LogP contribution in [0.2, 0.25) is 0 Å². The van der Waals surface area contributed by atoms with Crippen LogP contribution >= 0.6 is 0 Å². The number of benzene rings is 7. The highest BCUT2D eigenvalue weighted by molar-refractivity contribution is 6.12. The van der Waals surface area contributed by atoms with Gasteiger partial charge in [0.1, 0.15) is 11.2 Å². The fourth-order valence-electron chi connectivity index (χ4n) is 5.36. The van der Waals surface area contributed by atoms with Crippen molar-refractivity contribution in [3.63, 3.8) is 0 Å². The number of fused-ring (bicyclic) bond motifs is 4. The van der Waals surface area contributed by atoms with Crippen LogP contribution in [0.25, 0.3) is 89.1 Å². The Morgan fingerprint density at radius 2 is 1.04 bits per heavy atom. The Morgan fingerprint density at radius 1 is 0.426 bits per heavy atom. The first kappa shape index (κ1) is 15.3. The maximum atomic E-state index is 9.27. The number of nitrogens with zero attached hydrogens (tertiary/aromatic N) is 3. The molecular formula is C43H27N3O. The molecule has 2 aromatic heterocycles. The highest BCUT2D eigenvalue weighted by Gasteiger charge is 2.15. The molecule has 0 aliphatic heterocycles. The van der Waals surface area contributed by atoms with Crippen LogP contribution in [-0.4, -0.2) is 15.0 Å². The maximum absolute atomic E-state index is 9.27. The maximum Gasteiger partial charge on any atom is 0.164 e. The van der Waals surface area contributed by atoms with Gasteiger partial charge in [0.05, 0.1) is 21.9 Å². The zero-order valence-corrected chi connectivity index (χ0v) is 24.1. The summed E-state index contributed by atoms with van der Waals surface area (Å²) in [4.78, 5) is 14.0.